The molecule has 9 N–H and O–H groups in total. The van der Waals surface area contributed by atoms with Gasteiger partial charge in [-0.25, -0.2) is 17.5 Å². The van der Waals surface area contributed by atoms with Crippen LogP contribution in [0.2, 0.25) is 0 Å². The highest BCUT2D eigenvalue weighted by Crippen LogP contribution is 2.21. The highest BCUT2D eigenvalue weighted by Gasteiger charge is 2.14. The van der Waals surface area contributed by atoms with Gasteiger partial charge in [-0.1, -0.05) is 44.6 Å². The maximum absolute atomic E-state index is 11.1. The third kappa shape index (κ3) is 27.7. The van der Waals surface area contributed by atoms with E-state index in [1.807, 2.05) is 10.9 Å². The molecule has 0 atom stereocenters. The van der Waals surface area contributed by atoms with E-state index in [0.29, 0.717) is 11.5 Å². The molecule has 0 aliphatic rings. The van der Waals surface area contributed by atoms with Crippen LogP contribution in [0.5, 0.6) is 0 Å². The first-order valence-corrected chi connectivity index (χ1v) is 9.14. The molecule has 27 heavy (non-hydrogen) atoms. The lowest BCUT2D eigenvalue weighted by Gasteiger charge is -2.15. The zero-order chi connectivity index (χ0) is 16.1. The van der Waals surface area contributed by atoms with Crippen molar-refractivity contribution in [2.75, 3.05) is 28.8 Å². The SMILES string of the molecule is C.C.C.C.C.C.NNC(=O)CSCC(CSCC(=O)NN)SCC(=O)NN. The van der Waals surface area contributed by atoms with Crippen LogP contribution in [0.3, 0.4) is 0 Å². The number of carbonyl (C=O) groups excluding carboxylic acids is 3. The van der Waals surface area contributed by atoms with E-state index in [2.05, 4.69) is 5.43 Å². The number of hydrogen-bond acceptors (Lipinski definition) is 9. The van der Waals surface area contributed by atoms with Gasteiger partial charge in [-0.2, -0.15) is 23.5 Å². The Bertz CT molecular complexity index is 331. The number of hydrazine groups is 3. The van der Waals surface area contributed by atoms with Gasteiger partial charge in [0.1, 0.15) is 0 Å². The van der Waals surface area contributed by atoms with E-state index in [1.54, 1.807) is 0 Å². The van der Waals surface area contributed by atoms with Crippen LogP contribution in [0.1, 0.15) is 44.6 Å². The van der Waals surface area contributed by atoms with Crippen molar-refractivity contribution in [1.29, 1.82) is 0 Å². The van der Waals surface area contributed by atoms with E-state index >= 15 is 0 Å². The molecule has 0 fully saturated rings. The Morgan fingerprint density at radius 1 is 0.630 bits per heavy atom. The summed E-state index contributed by atoms with van der Waals surface area (Å²) in [7, 11) is 0. The lowest BCUT2D eigenvalue weighted by molar-refractivity contribution is -0.119. The molecule has 0 rings (SSSR count). The number of amides is 3. The van der Waals surface area contributed by atoms with E-state index in [4.69, 9.17) is 17.5 Å². The predicted molar refractivity (Wildman–Crippen MR) is 128 cm³/mol. The van der Waals surface area contributed by atoms with E-state index in [0.717, 1.165) is 0 Å². The zero-order valence-electron chi connectivity index (χ0n) is 11.3. The molecule has 0 saturated carbocycles. The first-order valence-electron chi connectivity index (χ1n) is 5.78. The molecular weight excluding hydrogens is 408 g/mol. The fourth-order valence-electron chi connectivity index (χ4n) is 1.03. The molecule has 0 aromatic heterocycles. The summed E-state index contributed by atoms with van der Waals surface area (Å²) in [6.07, 6.45) is 0. The molecule has 9 nitrogen and oxygen atoms in total. The van der Waals surface area contributed by atoms with Gasteiger partial charge in [0.05, 0.1) is 17.3 Å². The second-order valence-electron chi connectivity index (χ2n) is 3.67. The van der Waals surface area contributed by atoms with Crippen molar-refractivity contribution in [3.63, 3.8) is 0 Å². The predicted octanol–water partition coefficient (Wildman–Crippen LogP) is 1.34. The first kappa shape index (κ1) is 45.2. The maximum Gasteiger partial charge on any atom is 0.243 e. The van der Waals surface area contributed by atoms with Gasteiger partial charge in [-0.15, -0.1) is 11.8 Å². The van der Waals surface area contributed by atoms with E-state index in [-0.39, 0.29) is 84.8 Å². The second kappa shape index (κ2) is 30.1. The average molecular weight is 453 g/mol. The van der Waals surface area contributed by atoms with Gasteiger partial charge in [0.2, 0.25) is 17.7 Å². The molecule has 0 aromatic rings. The summed E-state index contributed by atoms with van der Waals surface area (Å²) in [6, 6.07) is 0. The highest BCUT2D eigenvalue weighted by atomic mass is 32.2. The zero-order valence-corrected chi connectivity index (χ0v) is 13.7. The minimum absolute atomic E-state index is 0. The summed E-state index contributed by atoms with van der Waals surface area (Å²) < 4.78 is 0. The van der Waals surface area contributed by atoms with Crippen LogP contribution in [0.4, 0.5) is 0 Å². The van der Waals surface area contributed by atoms with Crippen molar-refractivity contribution in [3.8, 4) is 0 Å². The minimum Gasteiger partial charge on any atom is -0.294 e. The number of hydrogen-bond donors (Lipinski definition) is 6. The van der Waals surface area contributed by atoms with Crippen LogP contribution in [0.15, 0.2) is 0 Å². The molecule has 3 amide bonds. The molecule has 0 saturated heterocycles. The number of nitrogens with two attached hydrogens (primary N) is 3. The van der Waals surface area contributed by atoms with Crippen molar-refractivity contribution in [3.05, 3.63) is 0 Å². The summed E-state index contributed by atoms with van der Waals surface area (Å²) >= 11 is 4.22. The number of rotatable bonds is 11. The molecular formula is C15H44N6O3S3. The van der Waals surface area contributed by atoms with Gasteiger partial charge >= 0.3 is 0 Å². The Morgan fingerprint density at radius 2 is 0.926 bits per heavy atom. The lowest BCUT2D eigenvalue weighted by Crippen LogP contribution is -2.33. The Morgan fingerprint density at radius 3 is 1.22 bits per heavy atom. The third-order valence-electron chi connectivity index (χ3n) is 2.01. The molecule has 0 spiro atoms. The van der Waals surface area contributed by atoms with Crippen LogP contribution in [0, 0.1) is 0 Å². The molecule has 170 valence electrons. The summed E-state index contributed by atoms with van der Waals surface area (Å²) in [5.74, 6) is 16.2. The summed E-state index contributed by atoms with van der Waals surface area (Å²) in [4.78, 5) is 33.2. The summed E-state index contributed by atoms with van der Waals surface area (Å²) in [5.41, 5.74) is 6.14. The van der Waals surface area contributed by atoms with Crippen LogP contribution in [0.25, 0.3) is 0 Å². The van der Waals surface area contributed by atoms with Crippen molar-refractivity contribution in [2.45, 2.75) is 49.8 Å². The topological polar surface area (TPSA) is 165 Å². The molecule has 0 heterocycles. The Hall–Kier alpha value is -0.660. The molecule has 0 unspecified atom stereocenters. The van der Waals surface area contributed by atoms with E-state index in [9.17, 15) is 14.4 Å². The van der Waals surface area contributed by atoms with Gasteiger partial charge < -0.3 is 0 Å². The molecule has 0 aliphatic heterocycles. The fourth-order valence-corrected chi connectivity index (χ4v) is 4.53. The number of carbonyl (C=O) groups is 3. The van der Waals surface area contributed by atoms with Crippen LogP contribution in [-0.2, 0) is 14.4 Å². The van der Waals surface area contributed by atoms with Crippen LogP contribution < -0.4 is 33.8 Å². The van der Waals surface area contributed by atoms with Crippen LogP contribution >= 0.6 is 35.3 Å². The van der Waals surface area contributed by atoms with Gasteiger partial charge in [-0.05, 0) is 0 Å². The average Bonchev–Trinajstić information content (AvgIpc) is 2.50. The molecule has 0 aliphatic carbocycles. The van der Waals surface area contributed by atoms with Gasteiger partial charge in [-0.3, -0.25) is 30.7 Å². The van der Waals surface area contributed by atoms with Crippen molar-refractivity contribution in [2.24, 2.45) is 17.5 Å². The Balaban J connectivity index is -0.000000133. The van der Waals surface area contributed by atoms with E-state index in [1.165, 1.54) is 35.3 Å². The van der Waals surface area contributed by atoms with Gasteiger partial charge in [0, 0.05) is 16.8 Å². The van der Waals surface area contributed by atoms with E-state index < -0.39 is 0 Å². The van der Waals surface area contributed by atoms with Crippen molar-refractivity contribution in [1.82, 2.24) is 16.3 Å². The highest BCUT2D eigenvalue weighted by molar-refractivity contribution is 8.05. The Labute approximate surface area is 179 Å². The lowest BCUT2D eigenvalue weighted by atomic mass is 10.5. The Kier molecular flexibility index (Phi) is 50.4. The second-order valence-corrected chi connectivity index (χ2v) is 7.01. The minimum atomic E-state index is -0.278. The molecule has 0 radical (unpaired) electrons. The quantitative estimate of drug-likeness (QED) is 0.154. The molecule has 0 bridgehead atoms. The number of nitrogens with one attached hydrogen (secondary N) is 3. The maximum atomic E-state index is 11.1. The van der Waals surface area contributed by atoms with Gasteiger partial charge in [0.25, 0.3) is 0 Å². The van der Waals surface area contributed by atoms with Crippen molar-refractivity contribution >= 4 is 53.0 Å². The largest absolute Gasteiger partial charge is 0.294 e. The van der Waals surface area contributed by atoms with Crippen LogP contribution in [-0.4, -0.2) is 51.7 Å². The first-order chi connectivity index (χ1) is 10.0. The summed E-state index contributed by atoms with van der Waals surface area (Å²) in [5, 5.41) is 0.0912. The van der Waals surface area contributed by atoms with Gasteiger partial charge in [0.15, 0.2) is 0 Å². The molecule has 12 heteroatoms. The van der Waals surface area contributed by atoms with Crippen molar-refractivity contribution < 1.29 is 14.4 Å². The molecule has 0 aromatic carbocycles. The smallest absolute Gasteiger partial charge is 0.243 e. The normalized spacial score (nSPS) is 8.00. The summed E-state index contributed by atoms with van der Waals surface area (Å²) in [6.45, 7) is 0. The number of thioether (sulfide) groups is 3. The third-order valence-corrected chi connectivity index (χ3v) is 5.87. The fraction of sp³-hybridized carbons (Fsp3) is 0.800. The monoisotopic (exact) mass is 452 g/mol. The standard InChI is InChI=1S/C9H20N6O3S3.6CH4/c10-13-7(16)3-19-1-6(21-5-9(18)15-12)2-20-4-8(17)14-11;;;;;;/h6H,1-5,10-12H2,(H,13,16)(H,14,17)(H,15,18);6*1H4.